The summed E-state index contributed by atoms with van der Waals surface area (Å²) in [7, 11) is 0.301. The maximum absolute atomic E-state index is 12.7. The number of hydrogen-bond donors (Lipinski definition) is 2. The van der Waals surface area contributed by atoms with Gasteiger partial charge in [0.25, 0.3) is 0 Å². The number of ether oxygens (including phenoxy) is 2. The third kappa shape index (κ3) is 3.22. The van der Waals surface area contributed by atoms with Crippen LogP contribution in [-0.2, 0) is 10.0 Å². The van der Waals surface area contributed by atoms with Gasteiger partial charge in [-0.15, -0.1) is 0 Å². The number of aliphatic hydroxyl groups is 1. The normalized spacial score (nSPS) is 12.5. The monoisotopic (exact) mass is 318 g/mol. The van der Waals surface area contributed by atoms with Crippen LogP contribution in [0.5, 0.6) is 11.5 Å². The number of hydrogen-bond acceptors (Lipinski definition) is 6. The van der Waals surface area contributed by atoms with Gasteiger partial charge in [-0.2, -0.15) is 4.31 Å². The highest BCUT2D eigenvalue weighted by Crippen LogP contribution is 2.36. The SMILES string of the molecule is COc1cc(OC)c(S(=O)(=O)N(C)C(C)(C)CO)cc1N. The van der Waals surface area contributed by atoms with Crippen molar-refractivity contribution in [1.29, 1.82) is 0 Å². The molecule has 0 radical (unpaired) electrons. The van der Waals surface area contributed by atoms with Crippen LogP contribution in [0.1, 0.15) is 13.8 Å². The van der Waals surface area contributed by atoms with Gasteiger partial charge in [-0.3, -0.25) is 0 Å². The van der Waals surface area contributed by atoms with Gasteiger partial charge in [0.15, 0.2) is 0 Å². The quantitative estimate of drug-likeness (QED) is 0.748. The lowest BCUT2D eigenvalue weighted by Gasteiger charge is -2.33. The highest BCUT2D eigenvalue weighted by atomic mass is 32.2. The van der Waals surface area contributed by atoms with E-state index >= 15 is 0 Å². The van der Waals surface area contributed by atoms with Gasteiger partial charge in [0.1, 0.15) is 16.4 Å². The van der Waals surface area contributed by atoms with Crippen molar-refractivity contribution in [1.82, 2.24) is 4.31 Å². The molecule has 3 N–H and O–H groups in total. The Morgan fingerprint density at radius 3 is 2.19 bits per heavy atom. The first-order chi connectivity index (χ1) is 9.61. The zero-order chi connectivity index (χ0) is 16.4. The summed E-state index contributed by atoms with van der Waals surface area (Å²) in [6, 6.07) is 2.71. The van der Waals surface area contributed by atoms with E-state index in [1.54, 1.807) is 13.8 Å². The second-order valence-electron chi connectivity index (χ2n) is 5.19. The minimum Gasteiger partial charge on any atom is -0.495 e. The fraction of sp³-hybridized carbons (Fsp3) is 0.538. The summed E-state index contributed by atoms with van der Waals surface area (Å²) >= 11 is 0. The molecule has 21 heavy (non-hydrogen) atoms. The van der Waals surface area contributed by atoms with Gasteiger partial charge in [-0.05, 0) is 19.9 Å². The van der Waals surface area contributed by atoms with Crippen molar-refractivity contribution in [3.05, 3.63) is 12.1 Å². The second kappa shape index (κ2) is 6.08. The van der Waals surface area contributed by atoms with Crippen LogP contribution in [0.3, 0.4) is 0 Å². The topological polar surface area (TPSA) is 102 Å². The third-order valence-corrected chi connectivity index (χ3v) is 5.48. The van der Waals surface area contributed by atoms with Crippen molar-refractivity contribution in [2.75, 3.05) is 33.6 Å². The Morgan fingerprint density at radius 2 is 1.76 bits per heavy atom. The van der Waals surface area contributed by atoms with Crippen molar-refractivity contribution in [2.45, 2.75) is 24.3 Å². The maximum atomic E-state index is 12.7. The number of nitrogens with two attached hydrogens (primary N) is 1. The van der Waals surface area contributed by atoms with Crippen LogP contribution in [0, 0.1) is 0 Å². The molecule has 0 amide bonds. The van der Waals surface area contributed by atoms with E-state index in [-0.39, 0.29) is 22.9 Å². The van der Waals surface area contributed by atoms with E-state index in [0.717, 1.165) is 4.31 Å². The first-order valence-corrected chi connectivity index (χ1v) is 7.67. The molecule has 0 atom stereocenters. The lowest BCUT2D eigenvalue weighted by Crippen LogP contribution is -2.47. The molecule has 0 unspecified atom stereocenters. The Kier molecular flexibility index (Phi) is 5.08. The third-order valence-electron chi connectivity index (χ3n) is 3.39. The number of anilines is 1. The van der Waals surface area contributed by atoms with Crippen LogP contribution in [0.4, 0.5) is 5.69 Å². The highest BCUT2D eigenvalue weighted by molar-refractivity contribution is 7.89. The number of methoxy groups -OCH3 is 2. The van der Waals surface area contributed by atoms with Crippen molar-refractivity contribution < 1.29 is 23.0 Å². The molecule has 0 saturated heterocycles. The summed E-state index contributed by atoms with van der Waals surface area (Å²) in [6.07, 6.45) is 0. The smallest absolute Gasteiger partial charge is 0.247 e. The van der Waals surface area contributed by atoms with Crippen LogP contribution in [0.25, 0.3) is 0 Å². The Bertz CT molecular complexity index is 613. The molecule has 1 aromatic rings. The Balaban J connectivity index is 3.48. The van der Waals surface area contributed by atoms with Gasteiger partial charge < -0.3 is 20.3 Å². The fourth-order valence-corrected chi connectivity index (χ4v) is 3.34. The van der Waals surface area contributed by atoms with Gasteiger partial charge in [-0.25, -0.2) is 8.42 Å². The molecule has 120 valence electrons. The summed E-state index contributed by atoms with van der Waals surface area (Å²) in [4.78, 5) is -0.0766. The molecule has 0 aliphatic heterocycles. The average molecular weight is 318 g/mol. The molecule has 0 spiro atoms. The molecule has 0 aromatic heterocycles. The Hall–Kier alpha value is -1.51. The summed E-state index contributed by atoms with van der Waals surface area (Å²) < 4.78 is 36.7. The average Bonchev–Trinajstić information content (AvgIpc) is 2.45. The van der Waals surface area contributed by atoms with Crippen LogP contribution < -0.4 is 15.2 Å². The predicted octanol–water partition coefficient (Wildman–Crippen LogP) is 0.677. The number of nitrogens with zero attached hydrogens (tertiary/aromatic N) is 1. The van der Waals surface area contributed by atoms with Crippen molar-refractivity contribution in [2.24, 2.45) is 0 Å². The van der Waals surface area contributed by atoms with E-state index in [0.29, 0.717) is 5.75 Å². The number of sulfonamides is 1. The van der Waals surface area contributed by atoms with E-state index in [1.807, 2.05) is 0 Å². The molecule has 0 saturated carbocycles. The molecular weight excluding hydrogens is 296 g/mol. The zero-order valence-electron chi connectivity index (χ0n) is 12.9. The molecule has 1 aromatic carbocycles. The van der Waals surface area contributed by atoms with Crippen molar-refractivity contribution in [3.8, 4) is 11.5 Å². The molecule has 0 bridgehead atoms. The molecule has 7 nitrogen and oxygen atoms in total. The second-order valence-corrected chi connectivity index (χ2v) is 7.13. The van der Waals surface area contributed by atoms with E-state index in [4.69, 9.17) is 15.2 Å². The first kappa shape index (κ1) is 17.5. The van der Waals surface area contributed by atoms with Crippen LogP contribution in [-0.4, -0.2) is 51.2 Å². The molecule has 0 fully saturated rings. The molecule has 8 heteroatoms. The van der Waals surface area contributed by atoms with E-state index in [1.165, 1.54) is 33.4 Å². The van der Waals surface area contributed by atoms with Crippen LogP contribution in [0.15, 0.2) is 17.0 Å². The summed E-state index contributed by atoms with van der Waals surface area (Å²) in [6.45, 7) is 2.91. The number of aliphatic hydroxyl groups excluding tert-OH is 1. The molecule has 1 rings (SSSR count). The maximum Gasteiger partial charge on any atom is 0.247 e. The van der Waals surface area contributed by atoms with E-state index < -0.39 is 15.6 Å². The fourth-order valence-electron chi connectivity index (χ4n) is 1.67. The van der Waals surface area contributed by atoms with Crippen molar-refractivity contribution in [3.63, 3.8) is 0 Å². The summed E-state index contributed by atoms with van der Waals surface area (Å²) in [5, 5.41) is 9.36. The minimum atomic E-state index is -3.89. The minimum absolute atomic E-state index is 0.0766. The van der Waals surface area contributed by atoms with E-state index in [9.17, 15) is 13.5 Å². The van der Waals surface area contributed by atoms with Gasteiger partial charge in [0, 0.05) is 13.1 Å². The molecule has 0 aliphatic rings. The number of nitrogen functional groups attached to an aromatic ring is 1. The summed E-state index contributed by atoms with van der Waals surface area (Å²) in [5.74, 6) is 0.455. The molecular formula is C13H22N2O5S. The first-order valence-electron chi connectivity index (χ1n) is 6.23. The van der Waals surface area contributed by atoms with Crippen molar-refractivity contribution >= 4 is 15.7 Å². The number of likely N-dealkylation sites (N-methyl/N-ethyl adjacent to an activating group) is 1. The van der Waals surface area contributed by atoms with Gasteiger partial charge in [0.05, 0.1) is 32.1 Å². The zero-order valence-corrected chi connectivity index (χ0v) is 13.7. The van der Waals surface area contributed by atoms with Gasteiger partial charge in [0.2, 0.25) is 10.0 Å². The predicted molar refractivity (Wildman–Crippen MR) is 80.1 cm³/mol. The van der Waals surface area contributed by atoms with Crippen LogP contribution >= 0.6 is 0 Å². The lowest BCUT2D eigenvalue weighted by atomic mass is 10.1. The molecule has 0 heterocycles. The summed E-state index contributed by atoms with van der Waals surface area (Å²) in [5.41, 5.74) is 5.01. The molecule has 0 aliphatic carbocycles. The largest absolute Gasteiger partial charge is 0.495 e. The Morgan fingerprint density at radius 1 is 1.24 bits per heavy atom. The van der Waals surface area contributed by atoms with Gasteiger partial charge >= 0.3 is 0 Å². The standard InChI is InChI=1S/C13H22N2O5S/c1-13(2,8-16)15(3)21(17,18)12-6-9(14)10(19-4)7-11(12)20-5/h6-7,16H,8,14H2,1-5H3. The number of rotatable bonds is 6. The lowest BCUT2D eigenvalue weighted by molar-refractivity contribution is 0.137. The van der Waals surface area contributed by atoms with E-state index in [2.05, 4.69) is 0 Å². The Labute approximate surface area is 125 Å². The van der Waals surface area contributed by atoms with Crippen LogP contribution in [0.2, 0.25) is 0 Å². The van der Waals surface area contributed by atoms with Gasteiger partial charge in [-0.1, -0.05) is 0 Å². The number of benzene rings is 1. The highest BCUT2D eigenvalue weighted by Gasteiger charge is 2.35.